The van der Waals surface area contributed by atoms with Crippen molar-refractivity contribution in [1.29, 1.82) is 0 Å². The van der Waals surface area contributed by atoms with Crippen LogP contribution in [0.2, 0.25) is 0 Å². The maximum Gasteiger partial charge on any atom is 0.311 e. The molecule has 3 aliphatic heterocycles. The van der Waals surface area contributed by atoms with Crippen molar-refractivity contribution in [2.24, 2.45) is 17.3 Å². The van der Waals surface area contributed by atoms with Crippen molar-refractivity contribution in [1.82, 2.24) is 4.90 Å². The lowest BCUT2D eigenvalue weighted by atomic mass is 9.57. The third kappa shape index (κ3) is 1.19. The van der Waals surface area contributed by atoms with Gasteiger partial charge in [0, 0.05) is 29.1 Å². The van der Waals surface area contributed by atoms with Crippen LogP contribution in [-0.2, 0) is 14.9 Å². The van der Waals surface area contributed by atoms with Crippen LogP contribution in [0.25, 0.3) is 0 Å². The minimum Gasteiger partial charge on any atom is -0.469 e. The summed E-state index contributed by atoms with van der Waals surface area (Å²) in [5.41, 5.74) is 2.53. The van der Waals surface area contributed by atoms with Crippen LogP contribution in [0.3, 0.4) is 0 Å². The summed E-state index contributed by atoms with van der Waals surface area (Å²) in [7, 11) is 1.54. The van der Waals surface area contributed by atoms with Crippen LogP contribution < -0.4 is 5.32 Å². The highest BCUT2D eigenvalue weighted by molar-refractivity contribution is 5.82. The van der Waals surface area contributed by atoms with Crippen molar-refractivity contribution in [2.75, 3.05) is 25.5 Å². The summed E-state index contributed by atoms with van der Waals surface area (Å²) >= 11 is 0. The molecular formula is C21H24N2O2. The van der Waals surface area contributed by atoms with Gasteiger partial charge < -0.3 is 10.1 Å². The second-order valence-corrected chi connectivity index (χ2v) is 8.67. The van der Waals surface area contributed by atoms with Gasteiger partial charge in [-0.05, 0) is 36.9 Å². The molecule has 25 heavy (non-hydrogen) atoms. The fourth-order valence-corrected chi connectivity index (χ4v) is 7.93. The molecule has 1 aromatic rings. The van der Waals surface area contributed by atoms with Crippen LogP contribution >= 0.6 is 0 Å². The van der Waals surface area contributed by atoms with E-state index in [9.17, 15) is 4.79 Å². The zero-order valence-corrected chi connectivity index (χ0v) is 14.8. The van der Waals surface area contributed by atoms with Gasteiger partial charge in [0.2, 0.25) is 0 Å². The van der Waals surface area contributed by atoms with E-state index in [1.54, 1.807) is 0 Å². The first-order valence-corrected chi connectivity index (χ1v) is 9.49. The number of nitrogens with zero attached hydrogens (tertiary/aromatic N) is 1. The Balaban J connectivity index is 1.69. The van der Waals surface area contributed by atoms with E-state index in [0.29, 0.717) is 12.0 Å². The largest absolute Gasteiger partial charge is 0.469 e. The standard InChI is InChI=1S/C21H24N2O2/c1-13-19-8-5-10-23-11-9-20(18(19)23)14-6-3-4-7-16(14)22-21(13,20)15(12-19)17(24)25-2/h3-8,13,15,18,22H,9-12H2,1-2H3/t13-,15-,18-,19-,20+,21+/m0/s1. The van der Waals surface area contributed by atoms with Gasteiger partial charge in [0.15, 0.2) is 0 Å². The maximum atomic E-state index is 12.9. The highest BCUT2D eigenvalue weighted by Crippen LogP contribution is 2.78. The molecule has 0 radical (unpaired) electrons. The summed E-state index contributed by atoms with van der Waals surface area (Å²) in [4.78, 5) is 15.6. The quantitative estimate of drug-likeness (QED) is 0.632. The zero-order chi connectivity index (χ0) is 17.0. The number of esters is 1. The zero-order valence-electron chi connectivity index (χ0n) is 14.8. The average molecular weight is 336 g/mol. The summed E-state index contributed by atoms with van der Waals surface area (Å²) in [5.74, 6) is 0.277. The number of carbonyl (C=O) groups excluding carboxylic acids is 1. The van der Waals surface area contributed by atoms with E-state index in [1.165, 1.54) is 18.4 Å². The Kier molecular flexibility index (Phi) is 2.37. The number of benzene rings is 1. The van der Waals surface area contributed by atoms with Gasteiger partial charge in [-0.2, -0.15) is 0 Å². The van der Waals surface area contributed by atoms with Gasteiger partial charge in [-0.15, -0.1) is 0 Å². The molecule has 1 saturated heterocycles. The Morgan fingerprint density at radius 3 is 3.04 bits per heavy atom. The second-order valence-electron chi connectivity index (χ2n) is 8.67. The van der Waals surface area contributed by atoms with Crippen LogP contribution in [0.1, 0.15) is 25.3 Å². The van der Waals surface area contributed by atoms with E-state index in [-0.39, 0.29) is 28.3 Å². The molecule has 2 bridgehead atoms. The number of hydrogen-bond acceptors (Lipinski definition) is 4. The molecule has 2 aliphatic carbocycles. The topological polar surface area (TPSA) is 41.6 Å². The minimum atomic E-state index is -0.224. The van der Waals surface area contributed by atoms with Crippen LogP contribution in [0.4, 0.5) is 5.69 Å². The van der Waals surface area contributed by atoms with Crippen LogP contribution in [-0.4, -0.2) is 42.6 Å². The number of fused-ring (bicyclic) bond motifs is 1. The summed E-state index contributed by atoms with van der Waals surface area (Å²) in [6.45, 7) is 4.53. The SMILES string of the molecule is COC(=O)[C@@H]1C[C@@]23C=CCN4CC[C@@]5(c6ccccc6N[C@]15[C@H]2C)[C@@H]43. The minimum absolute atomic E-state index is 0.0187. The number of ether oxygens (including phenoxy) is 1. The van der Waals surface area contributed by atoms with Gasteiger partial charge in [-0.25, -0.2) is 0 Å². The third-order valence-electron chi connectivity index (χ3n) is 8.47. The first-order chi connectivity index (χ1) is 12.1. The second kappa shape index (κ2) is 4.12. The lowest BCUT2D eigenvalue weighted by Gasteiger charge is -2.50. The van der Waals surface area contributed by atoms with E-state index in [4.69, 9.17) is 4.74 Å². The van der Waals surface area contributed by atoms with Gasteiger partial charge in [-0.3, -0.25) is 9.69 Å². The smallest absolute Gasteiger partial charge is 0.311 e. The van der Waals surface area contributed by atoms with Crippen molar-refractivity contribution >= 4 is 11.7 Å². The fraction of sp³-hybridized carbons (Fsp3) is 0.571. The van der Waals surface area contributed by atoms with E-state index in [2.05, 4.69) is 53.6 Å². The number of methoxy groups -OCH3 is 1. The van der Waals surface area contributed by atoms with Gasteiger partial charge in [0.25, 0.3) is 0 Å². The van der Waals surface area contributed by atoms with Crippen molar-refractivity contribution in [2.45, 2.75) is 36.8 Å². The predicted octanol–water partition coefficient (Wildman–Crippen LogP) is 2.56. The molecule has 6 atom stereocenters. The highest BCUT2D eigenvalue weighted by atomic mass is 16.5. The first kappa shape index (κ1) is 14.4. The maximum absolute atomic E-state index is 12.9. The Hall–Kier alpha value is -1.81. The monoisotopic (exact) mass is 336 g/mol. The number of hydrogen-bond donors (Lipinski definition) is 1. The Morgan fingerprint density at radius 1 is 1.36 bits per heavy atom. The third-order valence-corrected chi connectivity index (χ3v) is 8.47. The summed E-state index contributed by atoms with van der Waals surface area (Å²) in [6, 6.07) is 9.25. The molecule has 3 fully saturated rings. The number of para-hydroxylation sites is 1. The Labute approximate surface area is 148 Å². The van der Waals surface area contributed by atoms with E-state index in [1.807, 2.05) is 0 Å². The Morgan fingerprint density at radius 2 is 2.20 bits per heavy atom. The van der Waals surface area contributed by atoms with Gasteiger partial charge >= 0.3 is 5.97 Å². The molecule has 1 aromatic carbocycles. The first-order valence-electron chi connectivity index (χ1n) is 9.49. The predicted molar refractivity (Wildman–Crippen MR) is 95.3 cm³/mol. The molecule has 3 spiro atoms. The van der Waals surface area contributed by atoms with Crippen LogP contribution in [0, 0.1) is 17.3 Å². The van der Waals surface area contributed by atoms with E-state index >= 15 is 0 Å². The lowest BCUT2D eigenvalue weighted by Crippen LogP contribution is -2.63. The molecule has 4 nitrogen and oxygen atoms in total. The summed E-state index contributed by atoms with van der Waals surface area (Å²) < 4.78 is 5.30. The van der Waals surface area contributed by atoms with Crippen molar-refractivity contribution in [3.63, 3.8) is 0 Å². The summed E-state index contributed by atoms with van der Waals surface area (Å²) in [6.07, 6.45) is 6.83. The van der Waals surface area contributed by atoms with Crippen LogP contribution in [0.15, 0.2) is 36.4 Å². The molecule has 0 aromatic heterocycles. The van der Waals surface area contributed by atoms with E-state index in [0.717, 1.165) is 25.9 Å². The Bertz CT molecular complexity index is 835. The molecule has 2 saturated carbocycles. The van der Waals surface area contributed by atoms with Crippen molar-refractivity contribution in [3.05, 3.63) is 42.0 Å². The molecule has 3 heterocycles. The molecule has 130 valence electrons. The molecule has 6 rings (SSSR count). The molecule has 4 heteroatoms. The normalized spacial score (nSPS) is 48.0. The van der Waals surface area contributed by atoms with Gasteiger partial charge in [0.05, 0.1) is 18.6 Å². The van der Waals surface area contributed by atoms with Gasteiger partial charge in [0.1, 0.15) is 0 Å². The lowest BCUT2D eigenvalue weighted by molar-refractivity contribution is -0.149. The summed E-state index contributed by atoms with van der Waals surface area (Å²) in [5, 5.41) is 3.92. The van der Waals surface area contributed by atoms with Crippen LogP contribution in [0.5, 0.6) is 0 Å². The number of carbonyl (C=O) groups is 1. The van der Waals surface area contributed by atoms with Crippen molar-refractivity contribution < 1.29 is 9.53 Å². The van der Waals surface area contributed by atoms with Gasteiger partial charge in [-0.1, -0.05) is 37.3 Å². The molecule has 1 N–H and O–H groups in total. The fourth-order valence-electron chi connectivity index (χ4n) is 7.93. The van der Waals surface area contributed by atoms with Crippen molar-refractivity contribution in [3.8, 4) is 0 Å². The molecule has 0 unspecified atom stereocenters. The molecular weight excluding hydrogens is 312 g/mol. The number of nitrogens with one attached hydrogen (secondary N) is 1. The number of anilines is 1. The highest BCUT2D eigenvalue weighted by Gasteiger charge is 2.85. The molecule has 0 amide bonds. The van der Waals surface area contributed by atoms with E-state index < -0.39 is 0 Å². The number of rotatable bonds is 1. The molecule has 5 aliphatic rings. The average Bonchev–Trinajstić information content (AvgIpc) is 3.29.